The molecule has 3 aromatic rings. The molecule has 1 heterocycles. The van der Waals surface area contributed by atoms with Crippen LogP contribution in [0.15, 0.2) is 60.8 Å². The van der Waals surface area contributed by atoms with Crippen molar-refractivity contribution in [1.29, 1.82) is 0 Å². The molecule has 1 aromatic heterocycles. The van der Waals surface area contributed by atoms with Crippen LogP contribution in [0.3, 0.4) is 0 Å². The lowest BCUT2D eigenvalue weighted by molar-refractivity contribution is -0.384. The van der Waals surface area contributed by atoms with E-state index in [9.17, 15) is 14.9 Å². The van der Waals surface area contributed by atoms with Gasteiger partial charge in [-0.2, -0.15) is 0 Å². The van der Waals surface area contributed by atoms with Gasteiger partial charge in [-0.3, -0.25) is 14.9 Å². The number of aromatic nitrogens is 1. The molecular weight excluding hydrogens is 362 g/mol. The highest BCUT2D eigenvalue weighted by atomic mass is 16.6. The van der Waals surface area contributed by atoms with Gasteiger partial charge in [0.25, 0.3) is 11.6 Å². The second-order valence-corrected chi connectivity index (χ2v) is 5.84. The maximum absolute atomic E-state index is 12.6. The largest absolute Gasteiger partial charge is 0.497 e. The molecule has 0 unspecified atom stereocenters. The Bertz CT molecular complexity index is 1020. The molecule has 8 nitrogen and oxygen atoms in total. The first-order valence-corrected chi connectivity index (χ1v) is 8.31. The Hall–Kier alpha value is -3.94. The van der Waals surface area contributed by atoms with E-state index in [1.165, 1.54) is 18.2 Å². The van der Waals surface area contributed by atoms with Crippen LogP contribution in [0.1, 0.15) is 15.9 Å². The van der Waals surface area contributed by atoms with Crippen molar-refractivity contribution in [3.8, 4) is 17.4 Å². The van der Waals surface area contributed by atoms with Crippen molar-refractivity contribution >= 4 is 17.3 Å². The van der Waals surface area contributed by atoms with Gasteiger partial charge in [0.2, 0.25) is 5.88 Å². The molecule has 0 saturated heterocycles. The Morgan fingerprint density at radius 3 is 2.46 bits per heavy atom. The van der Waals surface area contributed by atoms with E-state index in [4.69, 9.17) is 9.47 Å². The number of nitrogens with one attached hydrogen (secondary N) is 1. The fourth-order valence-corrected chi connectivity index (χ4v) is 2.53. The molecule has 28 heavy (non-hydrogen) atoms. The Morgan fingerprint density at radius 1 is 1.11 bits per heavy atom. The topological polar surface area (TPSA) is 104 Å². The number of methoxy groups -OCH3 is 1. The predicted octanol–water partition coefficient (Wildman–Crippen LogP) is 4.35. The van der Waals surface area contributed by atoms with Crippen LogP contribution in [0.5, 0.6) is 17.4 Å². The number of rotatable bonds is 6. The number of benzene rings is 2. The number of nitro benzene ring substituents is 1. The highest BCUT2D eigenvalue weighted by Gasteiger charge is 2.16. The van der Waals surface area contributed by atoms with Crippen LogP contribution in [0, 0.1) is 17.0 Å². The number of carbonyl (C=O) groups is 1. The number of non-ortho nitro benzene ring substituents is 1. The highest BCUT2D eigenvalue weighted by molar-refractivity contribution is 6.06. The highest BCUT2D eigenvalue weighted by Crippen LogP contribution is 2.29. The number of aryl methyl sites for hydroxylation is 1. The van der Waals surface area contributed by atoms with Gasteiger partial charge in [-0.15, -0.1) is 0 Å². The van der Waals surface area contributed by atoms with Crippen LogP contribution in [0.4, 0.5) is 11.4 Å². The molecule has 1 N–H and O–H groups in total. The van der Waals surface area contributed by atoms with Gasteiger partial charge in [0.1, 0.15) is 17.2 Å². The summed E-state index contributed by atoms with van der Waals surface area (Å²) in [4.78, 5) is 27.1. The molecule has 0 radical (unpaired) electrons. The normalized spacial score (nSPS) is 10.2. The van der Waals surface area contributed by atoms with Crippen molar-refractivity contribution in [2.24, 2.45) is 0 Å². The number of nitrogens with zero attached hydrogens (tertiary/aromatic N) is 2. The quantitative estimate of drug-likeness (QED) is 0.504. The third kappa shape index (κ3) is 4.24. The lowest BCUT2D eigenvalue weighted by Gasteiger charge is -2.12. The van der Waals surface area contributed by atoms with Crippen LogP contribution < -0.4 is 14.8 Å². The second-order valence-electron chi connectivity index (χ2n) is 5.84. The number of pyridine rings is 1. The van der Waals surface area contributed by atoms with E-state index >= 15 is 0 Å². The maximum Gasteiger partial charge on any atom is 0.269 e. The molecule has 3 rings (SSSR count). The van der Waals surface area contributed by atoms with Crippen LogP contribution in [0.25, 0.3) is 0 Å². The molecule has 1 amide bonds. The van der Waals surface area contributed by atoms with Gasteiger partial charge < -0.3 is 14.8 Å². The first-order valence-electron chi connectivity index (χ1n) is 8.31. The number of ether oxygens (including phenoxy) is 2. The molecule has 0 fully saturated rings. The summed E-state index contributed by atoms with van der Waals surface area (Å²) >= 11 is 0. The van der Waals surface area contributed by atoms with Crippen molar-refractivity contribution in [2.45, 2.75) is 6.92 Å². The van der Waals surface area contributed by atoms with Crippen LogP contribution in [-0.2, 0) is 0 Å². The van der Waals surface area contributed by atoms with E-state index in [0.717, 1.165) is 0 Å². The molecule has 2 aromatic carbocycles. The molecule has 0 aliphatic carbocycles. The summed E-state index contributed by atoms with van der Waals surface area (Å²) in [5.41, 5.74) is 1.12. The summed E-state index contributed by atoms with van der Waals surface area (Å²) < 4.78 is 10.9. The Labute approximate surface area is 160 Å². The number of nitro groups is 1. The van der Waals surface area contributed by atoms with Crippen LogP contribution >= 0.6 is 0 Å². The Morgan fingerprint density at radius 2 is 1.82 bits per heavy atom. The molecule has 0 spiro atoms. The molecule has 0 atom stereocenters. The lowest BCUT2D eigenvalue weighted by Crippen LogP contribution is -2.14. The number of hydrogen-bond acceptors (Lipinski definition) is 6. The van der Waals surface area contributed by atoms with Gasteiger partial charge in [-0.05, 0) is 55.0 Å². The van der Waals surface area contributed by atoms with Gasteiger partial charge in [-0.25, -0.2) is 4.98 Å². The molecule has 0 saturated carbocycles. The number of hydrogen-bond donors (Lipinski definition) is 1. The SMILES string of the molecule is COc1ccc(Oc2ncccc2NC(=O)c2ccc([N+](=O)[O-])cc2C)cc1. The van der Waals surface area contributed by atoms with Crippen molar-refractivity contribution < 1.29 is 19.2 Å². The van der Waals surface area contributed by atoms with Crippen LogP contribution in [0.2, 0.25) is 0 Å². The maximum atomic E-state index is 12.6. The molecular formula is C20H17N3O5. The van der Waals surface area contributed by atoms with E-state index in [1.807, 2.05) is 0 Å². The fraction of sp³-hybridized carbons (Fsp3) is 0.100. The van der Waals surface area contributed by atoms with Gasteiger partial charge >= 0.3 is 0 Å². The lowest BCUT2D eigenvalue weighted by atomic mass is 10.1. The molecule has 142 valence electrons. The van der Waals surface area contributed by atoms with Gasteiger partial charge in [-0.1, -0.05) is 0 Å². The smallest absolute Gasteiger partial charge is 0.269 e. The van der Waals surface area contributed by atoms with Gasteiger partial charge in [0, 0.05) is 23.9 Å². The summed E-state index contributed by atoms with van der Waals surface area (Å²) in [6.45, 7) is 1.64. The third-order valence-electron chi connectivity index (χ3n) is 3.96. The zero-order valence-electron chi connectivity index (χ0n) is 15.2. The summed E-state index contributed by atoms with van der Waals surface area (Å²) in [5, 5.41) is 13.6. The van der Waals surface area contributed by atoms with E-state index < -0.39 is 10.8 Å². The minimum atomic E-state index is -0.503. The molecule has 8 heteroatoms. The fourth-order valence-electron chi connectivity index (χ4n) is 2.53. The number of carbonyl (C=O) groups excluding carboxylic acids is 1. The standard InChI is InChI=1S/C20H17N3O5/c1-13-12-14(23(25)26)5-10-17(13)19(24)22-18-4-3-11-21-20(18)28-16-8-6-15(27-2)7-9-16/h3-12H,1-2H3,(H,22,24). The minimum absolute atomic E-state index is 0.0704. The average molecular weight is 379 g/mol. The monoisotopic (exact) mass is 379 g/mol. The van der Waals surface area contributed by atoms with Crippen molar-refractivity contribution in [3.05, 3.63) is 82.0 Å². The zero-order chi connectivity index (χ0) is 20.1. The van der Waals surface area contributed by atoms with Crippen LogP contribution in [-0.4, -0.2) is 22.9 Å². The van der Waals surface area contributed by atoms with Crippen molar-refractivity contribution in [3.63, 3.8) is 0 Å². The average Bonchev–Trinajstić information content (AvgIpc) is 2.69. The Kier molecular flexibility index (Phi) is 5.50. The number of anilines is 1. The first-order chi connectivity index (χ1) is 13.5. The summed E-state index contributed by atoms with van der Waals surface area (Å²) in [6, 6.07) is 14.3. The van der Waals surface area contributed by atoms with E-state index in [1.54, 1.807) is 56.6 Å². The number of amides is 1. The second kappa shape index (κ2) is 8.17. The minimum Gasteiger partial charge on any atom is -0.497 e. The molecule has 0 aliphatic heterocycles. The summed E-state index contributed by atoms with van der Waals surface area (Å²) in [5.74, 6) is 1.03. The van der Waals surface area contributed by atoms with E-state index in [-0.39, 0.29) is 11.6 Å². The van der Waals surface area contributed by atoms with Gasteiger partial charge in [0.15, 0.2) is 0 Å². The van der Waals surface area contributed by atoms with Gasteiger partial charge in [0.05, 0.1) is 12.0 Å². The van der Waals surface area contributed by atoms with Crippen molar-refractivity contribution in [1.82, 2.24) is 4.98 Å². The molecule has 0 aliphatic rings. The van der Waals surface area contributed by atoms with E-state index in [0.29, 0.717) is 28.3 Å². The Balaban J connectivity index is 1.81. The first kappa shape index (κ1) is 18.8. The van der Waals surface area contributed by atoms with E-state index in [2.05, 4.69) is 10.3 Å². The predicted molar refractivity (Wildman–Crippen MR) is 103 cm³/mol. The summed E-state index contributed by atoms with van der Waals surface area (Å²) in [6.07, 6.45) is 1.55. The zero-order valence-corrected chi connectivity index (χ0v) is 15.2. The molecule has 0 bridgehead atoms. The third-order valence-corrected chi connectivity index (χ3v) is 3.96. The summed E-state index contributed by atoms with van der Waals surface area (Å²) in [7, 11) is 1.57. The van der Waals surface area contributed by atoms with Crippen molar-refractivity contribution in [2.75, 3.05) is 12.4 Å².